The van der Waals surface area contributed by atoms with Gasteiger partial charge in [-0.25, -0.2) is 9.97 Å². The highest BCUT2D eigenvalue weighted by atomic mass is 15.1. The van der Waals surface area contributed by atoms with Crippen LogP contribution in [0.3, 0.4) is 0 Å². The standard InChI is InChI=1S/C17H24N4/c1-12(2)17-19-10-16(15(9-18)20-17)21(4)11-14-8-6-5-7-13(14)3/h5-8,10,12H,9,11,18H2,1-4H3. The summed E-state index contributed by atoms with van der Waals surface area (Å²) in [5.74, 6) is 1.16. The van der Waals surface area contributed by atoms with Crippen molar-refractivity contribution in [1.29, 1.82) is 0 Å². The first-order valence-corrected chi connectivity index (χ1v) is 7.34. The molecule has 0 unspecified atom stereocenters. The first kappa shape index (κ1) is 15.4. The van der Waals surface area contributed by atoms with E-state index >= 15 is 0 Å². The van der Waals surface area contributed by atoms with Gasteiger partial charge in [0.15, 0.2) is 0 Å². The molecule has 2 N–H and O–H groups in total. The van der Waals surface area contributed by atoms with Crippen molar-refractivity contribution in [3.8, 4) is 0 Å². The third-order valence-corrected chi connectivity index (χ3v) is 3.65. The number of hydrogen-bond donors (Lipinski definition) is 1. The number of rotatable bonds is 5. The molecular formula is C17H24N4. The van der Waals surface area contributed by atoms with Crippen molar-refractivity contribution < 1.29 is 0 Å². The van der Waals surface area contributed by atoms with Crippen LogP contribution in [0.5, 0.6) is 0 Å². The summed E-state index contributed by atoms with van der Waals surface area (Å²) >= 11 is 0. The van der Waals surface area contributed by atoms with E-state index in [2.05, 4.69) is 67.0 Å². The summed E-state index contributed by atoms with van der Waals surface area (Å²) < 4.78 is 0. The Morgan fingerprint density at radius 1 is 1.24 bits per heavy atom. The van der Waals surface area contributed by atoms with Crippen molar-refractivity contribution >= 4 is 5.69 Å². The smallest absolute Gasteiger partial charge is 0.131 e. The highest BCUT2D eigenvalue weighted by molar-refractivity contribution is 5.49. The van der Waals surface area contributed by atoms with E-state index in [4.69, 9.17) is 5.73 Å². The number of aryl methyl sites for hydroxylation is 1. The summed E-state index contributed by atoms with van der Waals surface area (Å²) in [6, 6.07) is 8.41. The second kappa shape index (κ2) is 6.68. The van der Waals surface area contributed by atoms with Crippen molar-refractivity contribution in [3.63, 3.8) is 0 Å². The number of benzene rings is 1. The predicted molar refractivity (Wildman–Crippen MR) is 87.3 cm³/mol. The number of nitrogens with zero attached hydrogens (tertiary/aromatic N) is 3. The zero-order valence-corrected chi connectivity index (χ0v) is 13.3. The minimum Gasteiger partial charge on any atom is -0.367 e. The van der Waals surface area contributed by atoms with Crippen molar-refractivity contribution in [2.24, 2.45) is 5.73 Å². The predicted octanol–water partition coefficient (Wildman–Crippen LogP) is 3.00. The van der Waals surface area contributed by atoms with E-state index < -0.39 is 0 Å². The molecule has 0 radical (unpaired) electrons. The van der Waals surface area contributed by atoms with Gasteiger partial charge in [0, 0.05) is 26.1 Å². The summed E-state index contributed by atoms with van der Waals surface area (Å²) in [6.45, 7) is 7.56. The molecule has 0 amide bonds. The summed E-state index contributed by atoms with van der Waals surface area (Å²) in [5.41, 5.74) is 10.4. The monoisotopic (exact) mass is 284 g/mol. The van der Waals surface area contributed by atoms with E-state index in [9.17, 15) is 0 Å². The molecule has 4 heteroatoms. The molecule has 0 aliphatic heterocycles. The van der Waals surface area contributed by atoms with E-state index in [-0.39, 0.29) is 0 Å². The van der Waals surface area contributed by atoms with Crippen LogP contribution in [0.4, 0.5) is 5.69 Å². The molecule has 1 aromatic carbocycles. The summed E-state index contributed by atoms with van der Waals surface area (Å²) in [5, 5.41) is 0. The maximum absolute atomic E-state index is 5.86. The Kier molecular flexibility index (Phi) is 4.91. The summed E-state index contributed by atoms with van der Waals surface area (Å²) in [6.07, 6.45) is 1.89. The molecule has 21 heavy (non-hydrogen) atoms. The molecule has 0 aliphatic rings. The second-order valence-electron chi connectivity index (χ2n) is 5.70. The molecule has 0 spiro atoms. The maximum atomic E-state index is 5.86. The van der Waals surface area contributed by atoms with Crippen LogP contribution >= 0.6 is 0 Å². The third kappa shape index (κ3) is 3.58. The first-order valence-electron chi connectivity index (χ1n) is 7.34. The van der Waals surface area contributed by atoms with Crippen LogP contribution in [0.2, 0.25) is 0 Å². The molecule has 0 bridgehead atoms. The number of nitrogens with two attached hydrogens (primary N) is 1. The van der Waals surface area contributed by atoms with Crippen LogP contribution in [0.25, 0.3) is 0 Å². The Hall–Kier alpha value is -1.94. The Morgan fingerprint density at radius 3 is 2.57 bits per heavy atom. The molecule has 4 nitrogen and oxygen atoms in total. The van der Waals surface area contributed by atoms with Crippen LogP contribution in [0.15, 0.2) is 30.5 Å². The Balaban J connectivity index is 2.26. The molecule has 0 atom stereocenters. The van der Waals surface area contributed by atoms with Gasteiger partial charge in [-0.3, -0.25) is 0 Å². The fraction of sp³-hybridized carbons (Fsp3) is 0.412. The summed E-state index contributed by atoms with van der Waals surface area (Å²) in [7, 11) is 2.05. The van der Waals surface area contributed by atoms with E-state index in [1.54, 1.807) is 0 Å². The van der Waals surface area contributed by atoms with Gasteiger partial charge in [0.1, 0.15) is 5.82 Å². The van der Waals surface area contributed by atoms with Gasteiger partial charge in [0.05, 0.1) is 17.6 Å². The van der Waals surface area contributed by atoms with Gasteiger partial charge in [-0.05, 0) is 18.1 Å². The molecule has 1 aromatic heterocycles. The summed E-state index contributed by atoms with van der Waals surface area (Å²) in [4.78, 5) is 11.2. The fourth-order valence-corrected chi connectivity index (χ4v) is 2.30. The van der Waals surface area contributed by atoms with Crippen LogP contribution in [0, 0.1) is 6.92 Å². The van der Waals surface area contributed by atoms with Crippen LogP contribution in [0.1, 0.15) is 42.4 Å². The second-order valence-corrected chi connectivity index (χ2v) is 5.70. The largest absolute Gasteiger partial charge is 0.367 e. The normalized spacial score (nSPS) is 11.0. The first-order chi connectivity index (χ1) is 10.0. The van der Waals surface area contributed by atoms with E-state index in [0.717, 1.165) is 23.8 Å². The lowest BCUT2D eigenvalue weighted by Crippen LogP contribution is -2.21. The van der Waals surface area contributed by atoms with Gasteiger partial charge in [-0.2, -0.15) is 0 Å². The Labute approximate surface area is 127 Å². The zero-order chi connectivity index (χ0) is 15.4. The molecule has 0 saturated heterocycles. The van der Waals surface area contributed by atoms with Gasteiger partial charge in [0.2, 0.25) is 0 Å². The molecule has 1 heterocycles. The van der Waals surface area contributed by atoms with Gasteiger partial charge in [-0.1, -0.05) is 38.1 Å². The molecule has 112 valence electrons. The fourth-order valence-electron chi connectivity index (χ4n) is 2.30. The van der Waals surface area contributed by atoms with Crippen molar-refractivity contribution in [1.82, 2.24) is 9.97 Å². The van der Waals surface area contributed by atoms with Crippen molar-refractivity contribution in [2.45, 2.75) is 39.8 Å². The lowest BCUT2D eigenvalue weighted by atomic mass is 10.1. The molecular weight excluding hydrogens is 260 g/mol. The number of anilines is 1. The van der Waals surface area contributed by atoms with Crippen molar-refractivity contribution in [2.75, 3.05) is 11.9 Å². The average molecular weight is 284 g/mol. The molecule has 0 aliphatic carbocycles. The molecule has 0 saturated carbocycles. The molecule has 2 rings (SSSR count). The topological polar surface area (TPSA) is 55.0 Å². The Bertz CT molecular complexity index is 607. The Morgan fingerprint density at radius 2 is 1.95 bits per heavy atom. The number of hydrogen-bond acceptors (Lipinski definition) is 4. The minimum absolute atomic E-state index is 0.311. The highest BCUT2D eigenvalue weighted by Gasteiger charge is 2.12. The van der Waals surface area contributed by atoms with Crippen LogP contribution < -0.4 is 10.6 Å². The van der Waals surface area contributed by atoms with Crippen LogP contribution in [-0.4, -0.2) is 17.0 Å². The lowest BCUT2D eigenvalue weighted by molar-refractivity contribution is 0.748. The van der Waals surface area contributed by atoms with Gasteiger partial charge in [-0.15, -0.1) is 0 Å². The van der Waals surface area contributed by atoms with E-state index in [1.165, 1.54) is 11.1 Å². The maximum Gasteiger partial charge on any atom is 0.131 e. The lowest BCUT2D eigenvalue weighted by Gasteiger charge is -2.23. The van der Waals surface area contributed by atoms with Crippen molar-refractivity contribution in [3.05, 3.63) is 53.1 Å². The average Bonchev–Trinajstić information content (AvgIpc) is 2.48. The molecule has 2 aromatic rings. The third-order valence-electron chi connectivity index (χ3n) is 3.65. The van der Waals surface area contributed by atoms with Crippen LogP contribution in [-0.2, 0) is 13.1 Å². The van der Waals surface area contributed by atoms with E-state index in [0.29, 0.717) is 12.5 Å². The SMILES string of the molecule is Cc1ccccc1CN(C)c1cnc(C(C)C)nc1CN. The highest BCUT2D eigenvalue weighted by Crippen LogP contribution is 2.21. The van der Waals surface area contributed by atoms with Gasteiger partial charge < -0.3 is 10.6 Å². The van der Waals surface area contributed by atoms with E-state index in [1.807, 2.05) is 6.20 Å². The quantitative estimate of drug-likeness (QED) is 0.917. The zero-order valence-electron chi connectivity index (χ0n) is 13.3. The van der Waals surface area contributed by atoms with Gasteiger partial charge >= 0.3 is 0 Å². The number of aromatic nitrogens is 2. The van der Waals surface area contributed by atoms with Gasteiger partial charge in [0.25, 0.3) is 0 Å². The molecule has 0 fully saturated rings. The minimum atomic E-state index is 0.311.